The number of rotatable bonds is 8. The molecule has 0 aliphatic heterocycles. The van der Waals surface area contributed by atoms with Gasteiger partial charge >= 0.3 is 0 Å². The zero-order valence-electron chi connectivity index (χ0n) is 9.88. The molecular weight excluding hydrogens is 174 g/mol. The Bertz CT molecular complexity index is 145. The van der Waals surface area contributed by atoms with Crippen molar-refractivity contribution in [2.75, 3.05) is 20.3 Å². The SMILES string of the molecule is CCCNC(CC)C(COC)C1CC1. The van der Waals surface area contributed by atoms with Gasteiger partial charge in [0.15, 0.2) is 0 Å². The number of nitrogens with one attached hydrogen (secondary N) is 1. The van der Waals surface area contributed by atoms with Gasteiger partial charge in [0.05, 0.1) is 6.61 Å². The second kappa shape index (κ2) is 6.41. The molecule has 1 saturated carbocycles. The maximum atomic E-state index is 5.33. The molecule has 2 atom stereocenters. The first kappa shape index (κ1) is 12.0. The van der Waals surface area contributed by atoms with E-state index in [0.29, 0.717) is 6.04 Å². The van der Waals surface area contributed by atoms with E-state index in [1.807, 2.05) is 7.11 Å². The Morgan fingerprint density at radius 3 is 2.50 bits per heavy atom. The summed E-state index contributed by atoms with van der Waals surface area (Å²) in [5.41, 5.74) is 0. The van der Waals surface area contributed by atoms with E-state index in [9.17, 15) is 0 Å². The van der Waals surface area contributed by atoms with Crippen LogP contribution in [0, 0.1) is 11.8 Å². The van der Waals surface area contributed by atoms with Crippen LogP contribution in [0.3, 0.4) is 0 Å². The molecule has 1 rings (SSSR count). The lowest BCUT2D eigenvalue weighted by Gasteiger charge is -2.26. The highest BCUT2D eigenvalue weighted by Crippen LogP contribution is 2.39. The van der Waals surface area contributed by atoms with Crippen molar-refractivity contribution >= 4 is 0 Å². The summed E-state index contributed by atoms with van der Waals surface area (Å²) >= 11 is 0. The zero-order chi connectivity index (χ0) is 10.4. The first-order valence-corrected chi connectivity index (χ1v) is 6.05. The summed E-state index contributed by atoms with van der Waals surface area (Å²) in [7, 11) is 1.82. The third kappa shape index (κ3) is 3.58. The minimum absolute atomic E-state index is 0.669. The number of hydrogen-bond donors (Lipinski definition) is 1. The van der Waals surface area contributed by atoms with E-state index in [1.165, 1.54) is 25.7 Å². The molecule has 0 saturated heterocycles. The summed E-state index contributed by atoms with van der Waals surface area (Å²) in [6.07, 6.45) is 5.28. The number of hydrogen-bond acceptors (Lipinski definition) is 2. The standard InChI is InChI=1S/C12H25NO/c1-4-8-13-12(5-2)11(9-14-3)10-6-7-10/h10-13H,4-9H2,1-3H3. The Balaban J connectivity index is 2.35. The molecule has 2 heteroatoms. The summed E-state index contributed by atoms with van der Waals surface area (Å²) in [6, 6.07) is 0.669. The van der Waals surface area contributed by atoms with Crippen LogP contribution in [0.25, 0.3) is 0 Å². The summed E-state index contributed by atoms with van der Waals surface area (Å²) in [6.45, 7) is 6.58. The Kier molecular flexibility index (Phi) is 5.49. The molecule has 0 bridgehead atoms. The molecule has 1 aliphatic rings. The van der Waals surface area contributed by atoms with Crippen LogP contribution >= 0.6 is 0 Å². The second-order valence-electron chi connectivity index (χ2n) is 4.43. The summed E-state index contributed by atoms with van der Waals surface area (Å²) in [5.74, 6) is 1.68. The van der Waals surface area contributed by atoms with Crippen LogP contribution in [0.5, 0.6) is 0 Å². The van der Waals surface area contributed by atoms with Crippen molar-refractivity contribution in [1.82, 2.24) is 5.32 Å². The van der Waals surface area contributed by atoms with Crippen molar-refractivity contribution in [2.24, 2.45) is 11.8 Å². The van der Waals surface area contributed by atoms with Gasteiger partial charge in [-0.1, -0.05) is 13.8 Å². The molecule has 0 spiro atoms. The first-order valence-electron chi connectivity index (χ1n) is 6.05. The predicted octanol–water partition coefficient (Wildman–Crippen LogP) is 2.44. The van der Waals surface area contributed by atoms with Crippen molar-refractivity contribution in [2.45, 2.75) is 45.6 Å². The molecule has 0 aromatic heterocycles. The van der Waals surface area contributed by atoms with E-state index in [0.717, 1.165) is 25.0 Å². The molecule has 0 radical (unpaired) electrons. The number of ether oxygens (including phenoxy) is 1. The molecular formula is C12H25NO. The highest BCUT2D eigenvalue weighted by atomic mass is 16.5. The monoisotopic (exact) mass is 199 g/mol. The number of methoxy groups -OCH3 is 1. The lowest BCUT2D eigenvalue weighted by molar-refractivity contribution is 0.117. The normalized spacial score (nSPS) is 20.8. The summed E-state index contributed by atoms with van der Waals surface area (Å²) in [5, 5.41) is 3.65. The van der Waals surface area contributed by atoms with Crippen LogP contribution in [0.2, 0.25) is 0 Å². The quantitative estimate of drug-likeness (QED) is 0.648. The first-order chi connectivity index (χ1) is 6.83. The lowest BCUT2D eigenvalue weighted by atomic mass is 9.93. The maximum absolute atomic E-state index is 5.33. The van der Waals surface area contributed by atoms with Gasteiger partial charge < -0.3 is 10.1 Å². The molecule has 1 aliphatic carbocycles. The molecule has 0 heterocycles. The van der Waals surface area contributed by atoms with Crippen molar-refractivity contribution in [1.29, 1.82) is 0 Å². The van der Waals surface area contributed by atoms with E-state index in [4.69, 9.17) is 4.74 Å². The van der Waals surface area contributed by atoms with Crippen molar-refractivity contribution in [3.63, 3.8) is 0 Å². The van der Waals surface area contributed by atoms with Gasteiger partial charge in [0, 0.05) is 19.1 Å². The topological polar surface area (TPSA) is 21.3 Å². The smallest absolute Gasteiger partial charge is 0.0508 e. The van der Waals surface area contributed by atoms with Crippen molar-refractivity contribution < 1.29 is 4.74 Å². The zero-order valence-corrected chi connectivity index (χ0v) is 9.88. The largest absolute Gasteiger partial charge is 0.384 e. The van der Waals surface area contributed by atoms with Crippen LogP contribution < -0.4 is 5.32 Å². The molecule has 2 nitrogen and oxygen atoms in total. The fourth-order valence-electron chi connectivity index (χ4n) is 2.23. The lowest BCUT2D eigenvalue weighted by Crippen LogP contribution is -2.39. The maximum Gasteiger partial charge on any atom is 0.0508 e. The second-order valence-corrected chi connectivity index (χ2v) is 4.43. The molecule has 14 heavy (non-hydrogen) atoms. The van der Waals surface area contributed by atoms with Gasteiger partial charge in [0.25, 0.3) is 0 Å². The summed E-state index contributed by atoms with van der Waals surface area (Å²) < 4.78 is 5.33. The highest BCUT2D eigenvalue weighted by Gasteiger charge is 2.35. The fourth-order valence-corrected chi connectivity index (χ4v) is 2.23. The Labute approximate surface area is 88.4 Å². The van der Waals surface area contributed by atoms with E-state index < -0.39 is 0 Å². The molecule has 0 aromatic rings. The van der Waals surface area contributed by atoms with E-state index in [2.05, 4.69) is 19.2 Å². The Morgan fingerprint density at radius 1 is 1.36 bits per heavy atom. The minimum atomic E-state index is 0.669. The van der Waals surface area contributed by atoms with E-state index in [1.54, 1.807) is 0 Å². The molecule has 2 unspecified atom stereocenters. The minimum Gasteiger partial charge on any atom is -0.384 e. The van der Waals surface area contributed by atoms with Crippen LogP contribution in [-0.4, -0.2) is 26.3 Å². The van der Waals surface area contributed by atoms with Crippen LogP contribution in [0.4, 0.5) is 0 Å². The third-order valence-corrected chi connectivity index (χ3v) is 3.20. The average Bonchev–Trinajstić information content (AvgIpc) is 3.00. The Hall–Kier alpha value is -0.0800. The van der Waals surface area contributed by atoms with Gasteiger partial charge in [0.2, 0.25) is 0 Å². The van der Waals surface area contributed by atoms with Crippen LogP contribution in [0.1, 0.15) is 39.5 Å². The Morgan fingerprint density at radius 2 is 2.07 bits per heavy atom. The third-order valence-electron chi connectivity index (χ3n) is 3.20. The fraction of sp³-hybridized carbons (Fsp3) is 1.00. The van der Waals surface area contributed by atoms with Gasteiger partial charge in [-0.2, -0.15) is 0 Å². The van der Waals surface area contributed by atoms with Gasteiger partial charge in [-0.05, 0) is 38.1 Å². The molecule has 0 amide bonds. The van der Waals surface area contributed by atoms with Gasteiger partial charge in [-0.15, -0.1) is 0 Å². The molecule has 1 fully saturated rings. The highest BCUT2D eigenvalue weighted by molar-refractivity contribution is 4.88. The van der Waals surface area contributed by atoms with Crippen molar-refractivity contribution in [3.05, 3.63) is 0 Å². The predicted molar refractivity (Wildman–Crippen MR) is 60.5 cm³/mol. The van der Waals surface area contributed by atoms with Crippen LogP contribution in [0.15, 0.2) is 0 Å². The van der Waals surface area contributed by atoms with Gasteiger partial charge in [-0.25, -0.2) is 0 Å². The molecule has 1 N–H and O–H groups in total. The summed E-state index contributed by atoms with van der Waals surface area (Å²) in [4.78, 5) is 0. The van der Waals surface area contributed by atoms with Gasteiger partial charge in [-0.3, -0.25) is 0 Å². The average molecular weight is 199 g/mol. The van der Waals surface area contributed by atoms with Crippen LogP contribution in [-0.2, 0) is 4.74 Å². The van der Waals surface area contributed by atoms with E-state index in [-0.39, 0.29) is 0 Å². The molecule has 84 valence electrons. The van der Waals surface area contributed by atoms with E-state index >= 15 is 0 Å². The molecule has 0 aromatic carbocycles. The van der Waals surface area contributed by atoms with Gasteiger partial charge in [0.1, 0.15) is 0 Å². The van der Waals surface area contributed by atoms with Crippen molar-refractivity contribution in [3.8, 4) is 0 Å².